The lowest BCUT2D eigenvalue weighted by Crippen LogP contribution is -2.18. The third kappa shape index (κ3) is 3.44. The van der Waals surface area contributed by atoms with E-state index in [1.807, 2.05) is 6.92 Å². The zero-order valence-electron chi connectivity index (χ0n) is 10.6. The number of H-pyrrole nitrogens is 1. The van der Waals surface area contributed by atoms with Gasteiger partial charge in [-0.1, -0.05) is 28.1 Å². The van der Waals surface area contributed by atoms with Crippen LogP contribution in [-0.2, 0) is 10.0 Å². The second-order valence-corrected chi connectivity index (χ2v) is 7.96. The van der Waals surface area contributed by atoms with Crippen molar-refractivity contribution in [2.45, 2.75) is 11.8 Å². The summed E-state index contributed by atoms with van der Waals surface area (Å²) in [5.41, 5.74) is 6.75. The number of hydrogen-bond donors (Lipinski definition) is 3. The van der Waals surface area contributed by atoms with Crippen LogP contribution in [0.1, 0.15) is 11.1 Å². The number of thiocarbonyl (C=S) groups is 1. The molecule has 0 fully saturated rings. The molecule has 112 valence electrons. The van der Waals surface area contributed by atoms with Gasteiger partial charge in [0.25, 0.3) is 10.0 Å². The quantitative estimate of drug-likeness (QED) is 0.617. The second kappa shape index (κ2) is 6.03. The number of aromatic nitrogens is 2. The average Bonchev–Trinajstić information content (AvgIpc) is 2.81. The summed E-state index contributed by atoms with van der Waals surface area (Å²) in [5.74, 6) is 0.131. The third-order valence-corrected chi connectivity index (χ3v) is 6.03. The van der Waals surface area contributed by atoms with Gasteiger partial charge in [0, 0.05) is 8.95 Å². The fourth-order valence-electron chi connectivity index (χ4n) is 1.57. The summed E-state index contributed by atoms with van der Waals surface area (Å²) in [5, 5.41) is 6.26. The summed E-state index contributed by atoms with van der Waals surface area (Å²) in [6, 6.07) is 3.22. The molecule has 0 atom stereocenters. The van der Waals surface area contributed by atoms with Gasteiger partial charge in [-0.3, -0.25) is 9.82 Å². The number of nitrogens with zero attached hydrogens (tertiary/aromatic N) is 1. The van der Waals surface area contributed by atoms with Crippen molar-refractivity contribution in [1.82, 2.24) is 10.2 Å². The van der Waals surface area contributed by atoms with Crippen molar-refractivity contribution in [2.24, 2.45) is 5.73 Å². The number of sulfonamides is 1. The molecule has 0 saturated carbocycles. The van der Waals surface area contributed by atoms with E-state index in [0.29, 0.717) is 14.5 Å². The van der Waals surface area contributed by atoms with E-state index in [0.717, 1.165) is 5.56 Å². The Morgan fingerprint density at radius 1 is 1.38 bits per heavy atom. The van der Waals surface area contributed by atoms with Crippen LogP contribution in [0.25, 0.3) is 0 Å². The summed E-state index contributed by atoms with van der Waals surface area (Å²) in [6.45, 7) is 1.86. The summed E-state index contributed by atoms with van der Waals surface area (Å²) >= 11 is 11.4. The number of nitrogens with two attached hydrogens (primary N) is 1. The molecule has 2 aromatic rings. The van der Waals surface area contributed by atoms with Gasteiger partial charge in [-0.25, -0.2) is 8.42 Å². The van der Waals surface area contributed by atoms with Gasteiger partial charge in [-0.05, 0) is 40.5 Å². The van der Waals surface area contributed by atoms with Crippen LogP contribution in [0.4, 0.5) is 5.82 Å². The molecule has 0 aliphatic rings. The molecule has 21 heavy (non-hydrogen) atoms. The first-order chi connectivity index (χ1) is 9.72. The highest BCUT2D eigenvalue weighted by molar-refractivity contribution is 9.11. The van der Waals surface area contributed by atoms with E-state index in [4.69, 9.17) is 18.0 Å². The lowest BCUT2D eigenvalue weighted by atomic mass is 10.2. The van der Waals surface area contributed by atoms with E-state index in [1.165, 1.54) is 12.3 Å². The first kappa shape index (κ1) is 16.4. The van der Waals surface area contributed by atoms with Crippen LogP contribution in [0.15, 0.2) is 32.2 Å². The summed E-state index contributed by atoms with van der Waals surface area (Å²) in [4.78, 5) is 0.133. The van der Waals surface area contributed by atoms with E-state index in [2.05, 4.69) is 46.8 Å². The molecule has 0 unspecified atom stereocenters. The van der Waals surface area contributed by atoms with Gasteiger partial charge in [-0.2, -0.15) is 5.10 Å². The van der Waals surface area contributed by atoms with E-state index in [9.17, 15) is 8.42 Å². The molecule has 1 aromatic carbocycles. The Hall–Kier alpha value is -0.970. The van der Waals surface area contributed by atoms with E-state index in [-0.39, 0.29) is 15.7 Å². The van der Waals surface area contributed by atoms with Crippen LogP contribution >= 0.6 is 44.1 Å². The van der Waals surface area contributed by atoms with E-state index < -0.39 is 10.0 Å². The molecule has 1 heterocycles. The zero-order chi connectivity index (χ0) is 15.8. The number of aryl methyl sites for hydroxylation is 1. The van der Waals surface area contributed by atoms with Crippen LogP contribution < -0.4 is 10.5 Å². The third-order valence-electron chi connectivity index (χ3n) is 2.64. The van der Waals surface area contributed by atoms with Gasteiger partial charge in [0.1, 0.15) is 15.7 Å². The second-order valence-electron chi connectivity index (χ2n) is 4.16. The minimum absolute atomic E-state index is 0.0469. The van der Waals surface area contributed by atoms with Gasteiger partial charge in [0.05, 0.1) is 11.8 Å². The molecule has 6 nitrogen and oxygen atoms in total. The zero-order valence-corrected chi connectivity index (χ0v) is 15.5. The van der Waals surface area contributed by atoms with Crippen molar-refractivity contribution in [3.63, 3.8) is 0 Å². The van der Waals surface area contributed by atoms with E-state index in [1.54, 1.807) is 6.07 Å². The lowest BCUT2D eigenvalue weighted by Gasteiger charge is -2.11. The van der Waals surface area contributed by atoms with Gasteiger partial charge >= 0.3 is 0 Å². The minimum atomic E-state index is -3.82. The molecule has 0 aliphatic carbocycles. The first-order valence-corrected chi connectivity index (χ1v) is 9.01. The monoisotopic (exact) mass is 452 g/mol. The van der Waals surface area contributed by atoms with Crippen molar-refractivity contribution < 1.29 is 8.42 Å². The average molecular weight is 454 g/mol. The predicted octanol–water partition coefficient (Wildman–Crippen LogP) is 2.68. The number of halogens is 2. The number of hydrogen-bond acceptors (Lipinski definition) is 4. The van der Waals surface area contributed by atoms with Crippen molar-refractivity contribution in [2.75, 3.05) is 4.72 Å². The largest absolute Gasteiger partial charge is 0.389 e. The summed E-state index contributed by atoms with van der Waals surface area (Å²) in [7, 11) is -3.82. The normalized spacial score (nSPS) is 11.4. The van der Waals surface area contributed by atoms with Crippen molar-refractivity contribution in [3.05, 3.63) is 38.4 Å². The Labute approximate surface area is 143 Å². The van der Waals surface area contributed by atoms with Crippen LogP contribution in [0.2, 0.25) is 0 Å². The number of aromatic amines is 1. The van der Waals surface area contributed by atoms with E-state index >= 15 is 0 Å². The Morgan fingerprint density at radius 3 is 2.67 bits per heavy atom. The molecular weight excluding hydrogens is 444 g/mol. The Bertz CT molecular complexity index is 818. The maximum Gasteiger partial charge on any atom is 0.264 e. The number of anilines is 1. The standard InChI is InChI=1S/C11H10Br2N4O2S2/c1-5-2-8(13)9(3-7(5)12)21(18,19)17-11-6(10(14)20)4-15-16-11/h2-4H,1H3,(H2,14,20)(H2,15,16,17). The summed E-state index contributed by atoms with van der Waals surface area (Å²) in [6.07, 6.45) is 1.36. The molecule has 4 N–H and O–H groups in total. The van der Waals surface area contributed by atoms with Crippen LogP contribution in [0.3, 0.4) is 0 Å². The fraction of sp³-hybridized carbons (Fsp3) is 0.0909. The number of rotatable bonds is 4. The SMILES string of the molecule is Cc1cc(Br)c(S(=O)(=O)Nc2[nH]ncc2C(N)=S)cc1Br. The smallest absolute Gasteiger partial charge is 0.264 e. The van der Waals surface area contributed by atoms with Crippen molar-refractivity contribution >= 4 is 64.9 Å². The van der Waals surface area contributed by atoms with Gasteiger partial charge in [-0.15, -0.1) is 0 Å². The Morgan fingerprint density at radius 2 is 2.05 bits per heavy atom. The maximum absolute atomic E-state index is 12.5. The molecule has 0 spiro atoms. The molecule has 0 saturated heterocycles. The number of benzene rings is 1. The highest BCUT2D eigenvalue weighted by atomic mass is 79.9. The number of nitrogens with one attached hydrogen (secondary N) is 2. The van der Waals surface area contributed by atoms with Crippen LogP contribution in [0.5, 0.6) is 0 Å². The molecule has 1 aromatic heterocycles. The van der Waals surface area contributed by atoms with Crippen LogP contribution in [0, 0.1) is 6.92 Å². The molecule has 0 aliphatic heterocycles. The Kier molecular flexibility index (Phi) is 4.71. The molecule has 0 amide bonds. The maximum atomic E-state index is 12.5. The lowest BCUT2D eigenvalue weighted by molar-refractivity contribution is 0.600. The van der Waals surface area contributed by atoms with Gasteiger partial charge in [0.15, 0.2) is 0 Å². The molecule has 2 rings (SSSR count). The molecule has 0 bridgehead atoms. The van der Waals surface area contributed by atoms with Crippen molar-refractivity contribution in [3.8, 4) is 0 Å². The Balaban J connectivity index is 2.46. The molecule has 10 heteroatoms. The minimum Gasteiger partial charge on any atom is -0.389 e. The van der Waals surface area contributed by atoms with Crippen LogP contribution in [-0.4, -0.2) is 23.6 Å². The highest BCUT2D eigenvalue weighted by Crippen LogP contribution is 2.30. The molecule has 0 radical (unpaired) electrons. The van der Waals surface area contributed by atoms with Gasteiger partial charge in [0.2, 0.25) is 0 Å². The first-order valence-electron chi connectivity index (χ1n) is 5.54. The van der Waals surface area contributed by atoms with Gasteiger partial charge < -0.3 is 5.73 Å². The topological polar surface area (TPSA) is 101 Å². The predicted molar refractivity (Wildman–Crippen MR) is 91.9 cm³/mol. The van der Waals surface area contributed by atoms with Crippen molar-refractivity contribution in [1.29, 1.82) is 0 Å². The fourth-order valence-corrected chi connectivity index (χ4v) is 4.44. The highest BCUT2D eigenvalue weighted by Gasteiger charge is 2.21. The summed E-state index contributed by atoms with van der Waals surface area (Å²) < 4.78 is 28.5. The molecular formula is C11H10Br2N4O2S2.